The molecule has 0 atom stereocenters. The SMILES string of the molecule is C=CC(=O)N1CCN(c2ncnc3cc(-c4cccc5cn[nH]c45)c(Cl)cc23)CC1. The summed E-state index contributed by atoms with van der Waals surface area (Å²) < 4.78 is 0. The maximum absolute atomic E-state index is 11.9. The van der Waals surface area contributed by atoms with E-state index >= 15 is 0 Å². The molecule has 0 spiro atoms. The van der Waals surface area contributed by atoms with Crippen LogP contribution < -0.4 is 4.90 Å². The Morgan fingerprint density at radius 1 is 1.13 bits per heavy atom. The molecule has 30 heavy (non-hydrogen) atoms. The average molecular weight is 419 g/mol. The number of hydrogen-bond acceptors (Lipinski definition) is 5. The number of rotatable bonds is 3. The van der Waals surface area contributed by atoms with Crippen LogP contribution in [0.5, 0.6) is 0 Å². The lowest BCUT2D eigenvalue weighted by Crippen LogP contribution is -2.48. The monoisotopic (exact) mass is 418 g/mol. The second-order valence-electron chi connectivity index (χ2n) is 7.20. The van der Waals surface area contributed by atoms with E-state index in [-0.39, 0.29) is 5.91 Å². The molecular formula is C22H19ClN6O. The smallest absolute Gasteiger partial charge is 0.246 e. The van der Waals surface area contributed by atoms with E-state index in [1.54, 1.807) is 17.4 Å². The van der Waals surface area contributed by atoms with Crippen molar-refractivity contribution in [3.63, 3.8) is 0 Å². The molecule has 0 bridgehead atoms. The lowest BCUT2D eigenvalue weighted by molar-refractivity contribution is -0.126. The molecule has 5 rings (SSSR count). The molecule has 0 unspecified atom stereocenters. The zero-order valence-electron chi connectivity index (χ0n) is 16.2. The van der Waals surface area contributed by atoms with Gasteiger partial charge in [-0.1, -0.05) is 36.4 Å². The highest BCUT2D eigenvalue weighted by Crippen LogP contribution is 2.37. The third-order valence-corrected chi connectivity index (χ3v) is 5.85. The lowest BCUT2D eigenvalue weighted by Gasteiger charge is -2.35. The van der Waals surface area contributed by atoms with E-state index in [4.69, 9.17) is 11.6 Å². The van der Waals surface area contributed by atoms with Gasteiger partial charge in [0.15, 0.2) is 0 Å². The van der Waals surface area contributed by atoms with Gasteiger partial charge in [-0.3, -0.25) is 9.89 Å². The summed E-state index contributed by atoms with van der Waals surface area (Å²) in [6, 6.07) is 9.94. The minimum atomic E-state index is -0.0390. The van der Waals surface area contributed by atoms with E-state index in [1.165, 1.54) is 6.08 Å². The quantitative estimate of drug-likeness (QED) is 0.514. The van der Waals surface area contributed by atoms with E-state index in [9.17, 15) is 4.79 Å². The number of nitrogens with zero attached hydrogens (tertiary/aromatic N) is 5. The maximum Gasteiger partial charge on any atom is 0.246 e. The topological polar surface area (TPSA) is 78.0 Å². The first-order valence-electron chi connectivity index (χ1n) is 9.68. The minimum Gasteiger partial charge on any atom is -0.352 e. The maximum atomic E-state index is 11.9. The molecule has 4 aromatic rings. The van der Waals surface area contributed by atoms with Gasteiger partial charge in [0.1, 0.15) is 12.1 Å². The van der Waals surface area contributed by atoms with Crippen molar-refractivity contribution in [1.82, 2.24) is 25.1 Å². The van der Waals surface area contributed by atoms with Gasteiger partial charge in [0.2, 0.25) is 5.91 Å². The molecule has 7 nitrogen and oxygen atoms in total. The predicted octanol–water partition coefficient (Wildman–Crippen LogP) is 3.66. The predicted molar refractivity (Wildman–Crippen MR) is 119 cm³/mol. The highest BCUT2D eigenvalue weighted by atomic mass is 35.5. The number of fused-ring (bicyclic) bond motifs is 2. The Morgan fingerprint density at radius 2 is 1.97 bits per heavy atom. The van der Waals surface area contributed by atoms with Gasteiger partial charge in [-0.25, -0.2) is 9.97 Å². The molecule has 8 heteroatoms. The Kier molecular flexibility index (Phi) is 4.59. The van der Waals surface area contributed by atoms with E-state index < -0.39 is 0 Å². The van der Waals surface area contributed by atoms with E-state index in [0.717, 1.165) is 38.8 Å². The van der Waals surface area contributed by atoms with Gasteiger partial charge in [-0.15, -0.1) is 0 Å². The number of H-pyrrole nitrogens is 1. The van der Waals surface area contributed by atoms with Crippen LogP contribution in [0.2, 0.25) is 5.02 Å². The van der Waals surface area contributed by atoms with Crippen molar-refractivity contribution >= 4 is 45.1 Å². The summed E-state index contributed by atoms with van der Waals surface area (Å²) in [5.41, 5.74) is 3.63. The summed E-state index contributed by atoms with van der Waals surface area (Å²) in [7, 11) is 0. The largest absolute Gasteiger partial charge is 0.352 e. The number of halogens is 1. The molecule has 0 radical (unpaired) electrons. The van der Waals surface area contributed by atoms with E-state index in [2.05, 4.69) is 31.6 Å². The molecule has 0 saturated carbocycles. The average Bonchev–Trinajstić information content (AvgIpc) is 3.27. The van der Waals surface area contributed by atoms with Crippen molar-refractivity contribution < 1.29 is 4.79 Å². The molecule has 1 fully saturated rings. The van der Waals surface area contributed by atoms with E-state index in [0.29, 0.717) is 31.2 Å². The number of anilines is 1. The summed E-state index contributed by atoms with van der Waals surface area (Å²) in [5.74, 6) is 0.793. The van der Waals surface area contributed by atoms with Crippen LogP contribution in [0.25, 0.3) is 32.9 Å². The summed E-state index contributed by atoms with van der Waals surface area (Å²) in [6.45, 7) is 6.21. The van der Waals surface area contributed by atoms with Crippen molar-refractivity contribution in [2.24, 2.45) is 0 Å². The van der Waals surface area contributed by atoms with Crippen LogP contribution >= 0.6 is 11.6 Å². The van der Waals surface area contributed by atoms with Crippen LogP contribution in [0.1, 0.15) is 0 Å². The molecule has 1 saturated heterocycles. The molecule has 1 amide bonds. The second kappa shape index (κ2) is 7.42. The second-order valence-corrected chi connectivity index (χ2v) is 7.61. The molecule has 1 aliphatic rings. The first-order chi connectivity index (χ1) is 14.7. The van der Waals surface area contributed by atoms with Gasteiger partial charge in [0.05, 0.1) is 17.2 Å². The minimum absolute atomic E-state index is 0.0390. The zero-order chi connectivity index (χ0) is 20.7. The van der Waals surface area contributed by atoms with Crippen LogP contribution in [-0.4, -0.2) is 57.2 Å². The number of hydrogen-bond donors (Lipinski definition) is 1. The van der Waals surface area contributed by atoms with Crippen molar-refractivity contribution in [3.8, 4) is 11.1 Å². The van der Waals surface area contributed by atoms with Crippen LogP contribution in [-0.2, 0) is 4.79 Å². The number of nitrogens with one attached hydrogen (secondary N) is 1. The summed E-state index contributed by atoms with van der Waals surface area (Å²) in [5, 5.41) is 9.75. The summed E-state index contributed by atoms with van der Waals surface area (Å²) in [4.78, 5) is 24.8. The van der Waals surface area contributed by atoms with Crippen LogP contribution in [0.3, 0.4) is 0 Å². The van der Waals surface area contributed by atoms with Gasteiger partial charge in [0.25, 0.3) is 0 Å². The number of piperazine rings is 1. The Hall–Kier alpha value is -3.45. The molecule has 0 aliphatic carbocycles. The standard InChI is InChI=1S/C22H19ClN6O/c1-2-20(30)28-6-8-29(9-7-28)22-17-10-18(23)16(11-19(17)24-13-25-22)15-5-3-4-14-12-26-27-21(14)15/h2-5,10-13H,1,6-9H2,(H,26,27). The number of amides is 1. The highest BCUT2D eigenvalue weighted by Gasteiger charge is 2.22. The van der Waals surface area contributed by atoms with Gasteiger partial charge in [-0.05, 0) is 18.2 Å². The van der Waals surface area contributed by atoms with Gasteiger partial charge in [0, 0.05) is 53.1 Å². The van der Waals surface area contributed by atoms with Gasteiger partial charge >= 0.3 is 0 Å². The fourth-order valence-electron chi connectivity index (χ4n) is 3.98. The Balaban J connectivity index is 1.54. The van der Waals surface area contributed by atoms with Crippen LogP contribution in [0.15, 0.2) is 55.5 Å². The molecule has 1 N–H and O–H groups in total. The van der Waals surface area contributed by atoms with Crippen molar-refractivity contribution in [3.05, 3.63) is 60.5 Å². The summed E-state index contributed by atoms with van der Waals surface area (Å²) >= 11 is 6.73. The van der Waals surface area contributed by atoms with Gasteiger partial charge < -0.3 is 9.80 Å². The molecule has 150 valence electrons. The molecular weight excluding hydrogens is 400 g/mol. The van der Waals surface area contributed by atoms with Gasteiger partial charge in [-0.2, -0.15) is 5.10 Å². The van der Waals surface area contributed by atoms with Crippen LogP contribution in [0.4, 0.5) is 5.82 Å². The zero-order valence-corrected chi connectivity index (χ0v) is 16.9. The van der Waals surface area contributed by atoms with Crippen LogP contribution in [0, 0.1) is 0 Å². The number of carbonyl (C=O) groups is 1. The third-order valence-electron chi connectivity index (χ3n) is 5.54. The number of aromatic amines is 1. The Morgan fingerprint density at radius 3 is 2.77 bits per heavy atom. The van der Waals surface area contributed by atoms with Crippen molar-refractivity contribution in [2.75, 3.05) is 31.1 Å². The summed E-state index contributed by atoms with van der Waals surface area (Å²) in [6.07, 6.45) is 4.73. The molecule has 2 aromatic carbocycles. The Bertz CT molecular complexity index is 1280. The number of aromatic nitrogens is 4. The van der Waals surface area contributed by atoms with Crippen molar-refractivity contribution in [2.45, 2.75) is 0 Å². The van der Waals surface area contributed by atoms with E-state index in [1.807, 2.05) is 30.3 Å². The normalized spacial score (nSPS) is 14.4. The third kappa shape index (κ3) is 3.07. The number of carbonyl (C=O) groups excluding carboxylic acids is 1. The Labute approximate surface area is 178 Å². The fourth-order valence-corrected chi connectivity index (χ4v) is 4.25. The first-order valence-corrected chi connectivity index (χ1v) is 10.1. The molecule has 2 aromatic heterocycles. The molecule has 3 heterocycles. The number of para-hydroxylation sites is 1. The lowest BCUT2D eigenvalue weighted by atomic mass is 10.0. The van der Waals surface area contributed by atoms with Crippen molar-refractivity contribution in [1.29, 1.82) is 0 Å². The highest BCUT2D eigenvalue weighted by molar-refractivity contribution is 6.34. The fraction of sp³-hybridized carbons (Fsp3) is 0.182. The first kappa shape index (κ1) is 18.6. The molecule has 1 aliphatic heterocycles. The number of benzene rings is 2.